The molecule has 0 radical (unpaired) electrons. The molecular formula is C19H17NO6. The standard InChI is InChI=1S/C19H17NO6/c1-13(15-3-2-4-16(12-15)20(22)23)26-19(21)8-6-14-5-7-17-18(11-14)25-10-9-24-17/h2-8,11-13H,9-10H2,1H3/b8-6+/t13-/m0/s1. The summed E-state index contributed by atoms with van der Waals surface area (Å²) in [5.74, 6) is 0.769. The number of rotatable bonds is 5. The lowest BCUT2D eigenvalue weighted by Gasteiger charge is -2.18. The molecule has 3 rings (SSSR count). The summed E-state index contributed by atoms with van der Waals surface area (Å²) in [6.07, 6.45) is 2.31. The highest BCUT2D eigenvalue weighted by atomic mass is 16.6. The minimum Gasteiger partial charge on any atom is -0.486 e. The Hall–Kier alpha value is -3.35. The Morgan fingerprint density at radius 2 is 1.96 bits per heavy atom. The Morgan fingerprint density at radius 1 is 1.19 bits per heavy atom. The van der Waals surface area contributed by atoms with Crippen LogP contribution >= 0.6 is 0 Å². The van der Waals surface area contributed by atoms with Crippen molar-refractivity contribution in [1.29, 1.82) is 0 Å². The summed E-state index contributed by atoms with van der Waals surface area (Å²) in [6.45, 7) is 2.67. The second-order valence-corrected chi connectivity index (χ2v) is 5.67. The summed E-state index contributed by atoms with van der Waals surface area (Å²) in [6, 6.07) is 11.4. The molecule has 0 aliphatic carbocycles. The van der Waals surface area contributed by atoms with Gasteiger partial charge in [-0.05, 0) is 36.3 Å². The van der Waals surface area contributed by atoms with Gasteiger partial charge in [0.15, 0.2) is 11.5 Å². The number of benzene rings is 2. The number of nitrogens with zero attached hydrogens (tertiary/aromatic N) is 1. The average molecular weight is 355 g/mol. The highest BCUT2D eigenvalue weighted by Gasteiger charge is 2.14. The molecular weight excluding hydrogens is 338 g/mol. The van der Waals surface area contributed by atoms with Crippen molar-refractivity contribution >= 4 is 17.7 Å². The number of hydrogen-bond donors (Lipinski definition) is 0. The van der Waals surface area contributed by atoms with Crippen LogP contribution in [0.15, 0.2) is 48.5 Å². The van der Waals surface area contributed by atoms with E-state index in [9.17, 15) is 14.9 Å². The quantitative estimate of drug-likeness (QED) is 0.352. The molecule has 0 saturated heterocycles. The lowest BCUT2D eigenvalue weighted by Crippen LogP contribution is -2.15. The third-order valence-corrected chi connectivity index (χ3v) is 3.82. The van der Waals surface area contributed by atoms with Crippen molar-refractivity contribution in [1.82, 2.24) is 0 Å². The molecule has 0 N–H and O–H groups in total. The maximum atomic E-state index is 12.0. The fourth-order valence-electron chi connectivity index (χ4n) is 2.50. The van der Waals surface area contributed by atoms with Gasteiger partial charge in [0, 0.05) is 18.2 Å². The van der Waals surface area contributed by atoms with Crippen LogP contribution in [0.2, 0.25) is 0 Å². The molecule has 7 heteroatoms. The van der Waals surface area contributed by atoms with Gasteiger partial charge in [-0.3, -0.25) is 10.1 Å². The van der Waals surface area contributed by atoms with E-state index in [-0.39, 0.29) is 5.69 Å². The Bertz CT molecular complexity index is 861. The lowest BCUT2D eigenvalue weighted by molar-refractivity contribution is -0.385. The van der Waals surface area contributed by atoms with Crippen LogP contribution in [-0.2, 0) is 9.53 Å². The first-order chi connectivity index (χ1) is 12.5. The van der Waals surface area contributed by atoms with E-state index < -0.39 is 17.0 Å². The van der Waals surface area contributed by atoms with E-state index >= 15 is 0 Å². The monoisotopic (exact) mass is 355 g/mol. The Labute approximate surface area is 150 Å². The van der Waals surface area contributed by atoms with Crippen molar-refractivity contribution in [2.75, 3.05) is 13.2 Å². The van der Waals surface area contributed by atoms with Crippen LogP contribution in [0, 0.1) is 10.1 Å². The molecule has 0 spiro atoms. The van der Waals surface area contributed by atoms with E-state index in [0.29, 0.717) is 30.3 Å². The third kappa shape index (κ3) is 4.18. The molecule has 0 unspecified atom stereocenters. The molecule has 0 bridgehead atoms. The van der Waals surface area contributed by atoms with Gasteiger partial charge in [-0.25, -0.2) is 4.79 Å². The number of esters is 1. The Morgan fingerprint density at radius 3 is 2.73 bits per heavy atom. The van der Waals surface area contributed by atoms with Gasteiger partial charge in [0.25, 0.3) is 5.69 Å². The lowest BCUT2D eigenvalue weighted by atomic mass is 10.1. The molecule has 7 nitrogen and oxygen atoms in total. The average Bonchev–Trinajstić information content (AvgIpc) is 2.66. The number of nitro groups is 1. The first kappa shape index (κ1) is 17.5. The summed E-state index contributed by atoms with van der Waals surface area (Å²) in [7, 11) is 0. The molecule has 1 heterocycles. The number of carbonyl (C=O) groups excluding carboxylic acids is 1. The predicted molar refractivity (Wildman–Crippen MR) is 94.1 cm³/mol. The van der Waals surface area contributed by atoms with Gasteiger partial charge in [-0.2, -0.15) is 0 Å². The Balaban J connectivity index is 1.64. The maximum absolute atomic E-state index is 12.0. The minimum absolute atomic E-state index is 0.0442. The van der Waals surface area contributed by atoms with E-state index in [1.165, 1.54) is 18.2 Å². The molecule has 1 aliphatic rings. The molecule has 134 valence electrons. The Kier molecular flexibility index (Phi) is 5.17. The number of nitro benzene ring substituents is 1. The van der Waals surface area contributed by atoms with E-state index in [1.807, 2.05) is 0 Å². The third-order valence-electron chi connectivity index (χ3n) is 3.82. The summed E-state index contributed by atoms with van der Waals surface area (Å²) in [5, 5.41) is 10.8. The highest BCUT2D eigenvalue weighted by Crippen LogP contribution is 2.31. The van der Waals surface area contributed by atoms with Crippen LogP contribution in [0.3, 0.4) is 0 Å². The fourth-order valence-corrected chi connectivity index (χ4v) is 2.50. The van der Waals surface area contributed by atoms with Gasteiger partial charge < -0.3 is 14.2 Å². The van der Waals surface area contributed by atoms with E-state index in [1.54, 1.807) is 43.3 Å². The van der Waals surface area contributed by atoms with Crippen molar-refractivity contribution in [3.8, 4) is 11.5 Å². The second kappa shape index (κ2) is 7.69. The number of ether oxygens (including phenoxy) is 3. The molecule has 0 aromatic heterocycles. The fraction of sp³-hybridized carbons (Fsp3) is 0.211. The zero-order valence-corrected chi connectivity index (χ0v) is 14.1. The van der Waals surface area contributed by atoms with Crippen LogP contribution in [0.5, 0.6) is 11.5 Å². The van der Waals surface area contributed by atoms with Gasteiger partial charge in [0.05, 0.1) is 4.92 Å². The van der Waals surface area contributed by atoms with Crippen molar-refractivity contribution < 1.29 is 23.9 Å². The zero-order valence-electron chi connectivity index (χ0n) is 14.1. The molecule has 0 saturated carbocycles. The molecule has 2 aromatic carbocycles. The maximum Gasteiger partial charge on any atom is 0.331 e. The van der Waals surface area contributed by atoms with Gasteiger partial charge in [0.2, 0.25) is 0 Å². The normalized spacial score (nSPS) is 14.0. The topological polar surface area (TPSA) is 87.9 Å². The van der Waals surface area contributed by atoms with Crippen molar-refractivity contribution in [2.45, 2.75) is 13.0 Å². The molecule has 1 aliphatic heterocycles. The molecule has 1 atom stereocenters. The van der Waals surface area contributed by atoms with Crippen LogP contribution < -0.4 is 9.47 Å². The second-order valence-electron chi connectivity index (χ2n) is 5.67. The summed E-state index contributed by atoms with van der Waals surface area (Å²) in [4.78, 5) is 22.3. The van der Waals surface area contributed by atoms with Crippen molar-refractivity contribution in [2.24, 2.45) is 0 Å². The van der Waals surface area contributed by atoms with Gasteiger partial charge in [0.1, 0.15) is 19.3 Å². The van der Waals surface area contributed by atoms with Gasteiger partial charge in [-0.1, -0.05) is 18.2 Å². The van der Waals surface area contributed by atoms with Crippen molar-refractivity contribution in [3.63, 3.8) is 0 Å². The van der Waals surface area contributed by atoms with Gasteiger partial charge >= 0.3 is 5.97 Å². The molecule has 0 fully saturated rings. The minimum atomic E-state index is -0.604. The SMILES string of the molecule is C[C@H](OC(=O)/C=C/c1ccc2c(c1)OCCO2)c1cccc([N+](=O)[O-])c1. The predicted octanol–water partition coefficient (Wildman–Crippen LogP) is 3.68. The number of carbonyl (C=O) groups is 1. The first-order valence-electron chi connectivity index (χ1n) is 8.05. The van der Waals surface area contributed by atoms with E-state index in [2.05, 4.69) is 0 Å². The molecule has 0 amide bonds. The zero-order chi connectivity index (χ0) is 18.5. The number of fused-ring (bicyclic) bond motifs is 1. The first-order valence-corrected chi connectivity index (χ1v) is 8.05. The number of non-ortho nitro benzene ring substituents is 1. The van der Waals surface area contributed by atoms with Crippen LogP contribution in [-0.4, -0.2) is 24.1 Å². The van der Waals surface area contributed by atoms with Crippen LogP contribution in [0.1, 0.15) is 24.2 Å². The van der Waals surface area contributed by atoms with Gasteiger partial charge in [-0.15, -0.1) is 0 Å². The summed E-state index contributed by atoms with van der Waals surface area (Å²) in [5.41, 5.74) is 1.28. The largest absolute Gasteiger partial charge is 0.486 e. The molecule has 2 aromatic rings. The van der Waals surface area contributed by atoms with Crippen LogP contribution in [0.25, 0.3) is 6.08 Å². The van der Waals surface area contributed by atoms with Crippen LogP contribution in [0.4, 0.5) is 5.69 Å². The van der Waals surface area contributed by atoms with E-state index in [4.69, 9.17) is 14.2 Å². The molecule has 26 heavy (non-hydrogen) atoms. The van der Waals surface area contributed by atoms with Crippen molar-refractivity contribution in [3.05, 3.63) is 69.8 Å². The smallest absolute Gasteiger partial charge is 0.331 e. The van der Waals surface area contributed by atoms with E-state index in [0.717, 1.165) is 5.56 Å². The summed E-state index contributed by atoms with van der Waals surface area (Å²) < 4.78 is 16.2. The summed E-state index contributed by atoms with van der Waals surface area (Å²) >= 11 is 0. The number of hydrogen-bond acceptors (Lipinski definition) is 6. The highest BCUT2D eigenvalue weighted by molar-refractivity contribution is 5.87.